The van der Waals surface area contributed by atoms with Crippen LogP contribution in [-0.4, -0.2) is 28.3 Å². The predicted octanol–water partition coefficient (Wildman–Crippen LogP) is 1.36. The Kier molecular flexibility index (Phi) is 4.97. The van der Waals surface area contributed by atoms with Gasteiger partial charge in [0, 0.05) is 0 Å². The van der Waals surface area contributed by atoms with Gasteiger partial charge >= 0.3 is 17.8 Å². The SMILES string of the molecule is O=C(N/N=C\c1ccc([N+](=O)[O-])o1)N/N=C\c1ccc([N+](=O)[O-])o1. The van der Waals surface area contributed by atoms with E-state index in [4.69, 9.17) is 8.83 Å². The van der Waals surface area contributed by atoms with Gasteiger partial charge in [0.15, 0.2) is 11.5 Å². The first-order chi connectivity index (χ1) is 11.5. The highest BCUT2D eigenvalue weighted by molar-refractivity contribution is 5.81. The third kappa shape index (κ3) is 4.48. The van der Waals surface area contributed by atoms with Gasteiger partial charge in [0.25, 0.3) is 0 Å². The van der Waals surface area contributed by atoms with Crippen molar-refractivity contribution in [3.05, 3.63) is 56.0 Å². The second-order valence-electron chi connectivity index (χ2n) is 3.94. The summed E-state index contributed by atoms with van der Waals surface area (Å²) in [4.78, 5) is 30.7. The lowest BCUT2D eigenvalue weighted by Crippen LogP contribution is -2.28. The Morgan fingerprint density at radius 3 is 1.67 bits per heavy atom. The van der Waals surface area contributed by atoms with Gasteiger partial charge in [-0.05, 0) is 12.1 Å². The van der Waals surface area contributed by atoms with Gasteiger partial charge in [-0.3, -0.25) is 20.2 Å². The van der Waals surface area contributed by atoms with E-state index < -0.39 is 27.6 Å². The summed E-state index contributed by atoms with van der Waals surface area (Å²) >= 11 is 0. The van der Waals surface area contributed by atoms with Crippen molar-refractivity contribution >= 4 is 30.2 Å². The molecule has 0 aliphatic heterocycles. The first kappa shape index (κ1) is 16.3. The van der Waals surface area contributed by atoms with Gasteiger partial charge in [-0.25, -0.2) is 15.6 Å². The lowest BCUT2D eigenvalue weighted by Gasteiger charge is -1.95. The number of carbonyl (C=O) groups is 1. The standard InChI is InChI=1S/C11H8N6O7/c18-11(14-12-5-7-1-3-9(23-7)16(19)20)15-13-6-8-2-4-10(24-8)17(21)22/h1-6H,(H2,14,15,18)/b12-5-,13-6-. The number of rotatable bonds is 6. The number of carbonyl (C=O) groups excluding carboxylic acids is 1. The fourth-order valence-electron chi connectivity index (χ4n) is 1.35. The molecule has 2 rings (SSSR count). The zero-order valence-electron chi connectivity index (χ0n) is 11.6. The Labute approximate surface area is 131 Å². The molecule has 0 aliphatic rings. The second kappa shape index (κ2) is 7.30. The van der Waals surface area contributed by atoms with E-state index in [1.165, 1.54) is 12.1 Å². The molecular formula is C11H8N6O7. The molecule has 0 unspecified atom stereocenters. The van der Waals surface area contributed by atoms with E-state index in [2.05, 4.69) is 10.2 Å². The van der Waals surface area contributed by atoms with Crippen molar-refractivity contribution in [2.24, 2.45) is 10.2 Å². The summed E-state index contributed by atoms with van der Waals surface area (Å²) < 4.78 is 9.54. The van der Waals surface area contributed by atoms with Crippen LogP contribution in [0.4, 0.5) is 16.6 Å². The van der Waals surface area contributed by atoms with Crippen molar-refractivity contribution in [2.45, 2.75) is 0 Å². The van der Waals surface area contributed by atoms with Crippen molar-refractivity contribution in [1.82, 2.24) is 10.9 Å². The maximum Gasteiger partial charge on any atom is 0.433 e. The summed E-state index contributed by atoms with van der Waals surface area (Å²) in [7, 11) is 0. The quantitative estimate of drug-likeness (QED) is 0.454. The summed E-state index contributed by atoms with van der Waals surface area (Å²) in [5.41, 5.74) is 4.03. The first-order valence-corrected chi connectivity index (χ1v) is 6.06. The largest absolute Gasteiger partial charge is 0.433 e. The van der Waals surface area contributed by atoms with Crippen molar-refractivity contribution in [3.8, 4) is 0 Å². The molecular weight excluding hydrogens is 328 g/mol. The fourth-order valence-corrected chi connectivity index (χ4v) is 1.35. The first-order valence-electron chi connectivity index (χ1n) is 6.06. The molecule has 0 atom stereocenters. The van der Waals surface area contributed by atoms with Gasteiger partial charge in [0.2, 0.25) is 0 Å². The Hall–Kier alpha value is -4.03. The summed E-state index contributed by atoms with van der Waals surface area (Å²) in [5, 5.41) is 27.7. The van der Waals surface area contributed by atoms with E-state index in [-0.39, 0.29) is 11.5 Å². The molecule has 0 bridgehead atoms. The van der Waals surface area contributed by atoms with Gasteiger partial charge in [-0.2, -0.15) is 10.2 Å². The van der Waals surface area contributed by atoms with Crippen LogP contribution in [0.2, 0.25) is 0 Å². The molecule has 0 spiro atoms. The Balaban J connectivity index is 1.79. The highest BCUT2D eigenvalue weighted by Crippen LogP contribution is 2.14. The van der Waals surface area contributed by atoms with Crippen LogP contribution < -0.4 is 10.9 Å². The van der Waals surface area contributed by atoms with Gasteiger partial charge < -0.3 is 8.83 Å². The normalized spacial score (nSPS) is 11.0. The molecule has 0 radical (unpaired) electrons. The average Bonchev–Trinajstić information content (AvgIpc) is 3.16. The van der Waals surface area contributed by atoms with Crippen LogP contribution >= 0.6 is 0 Å². The lowest BCUT2D eigenvalue weighted by molar-refractivity contribution is -0.402. The second-order valence-corrected chi connectivity index (χ2v) is 3.94. The maximum absolute atomic E-state index is 11.3. The Bertz CT molecular complexity index is 754. The predicted molar refractivity (Wildman–Crippen MR) is 77.6 cm³/mol. The third-order valence-corrected chi connectivity index (χ3v) is 2.30. The molecule has 0 aromatic carbocycles. The highest BCUT2D eigenvalue weighted by Gasteiger charge is 2.11. The number of hydrogen-bond acceptors (Lipinski definition) is 9. The topological polar surface area (TPSA) is 178 Å². The van der Waals surface area contributed by atoms with E-state index in [0.29, 0.717) is 0 Å². The molecule has 0 saturated heterocycles. The monoisotopic (exact) mass is 336 g/mol. The number of nitrogens with zero attached hydrogens (tertiary/aromatic N) is 4. The van der Waals surface area contributed by atoms with Gasteiger partial charge in [0.1, 0.15) is 9.85 Å². The minimum Gasteiger partial charge on any atom is -0.400 e. The van der Waals surface area contributed by atoms with Crippen LogP contribution in [0.1, 0.15) is 11.5 Å². The summed E-state index contributed by atoms with van der Waals surface area (Å²) in [6.07, 6.45) is 2.10. The average molecular weight is 336 g/mol. The van der Waals surface area contributed by atoms with Crippen molar-refractivity contribution in [3.63, 3.8) is 0 Å². The van der Waals surface area contributed by atoms with E-state index >= 15 is 0 Å². The van der Waals surface area contributed by atoms with Crippen molar-refractivity contribution in [2.75, 3.05) is 0 Å². The van der Waals surface area contributed by atoms with Crippen LogP contribution in [0.25, 0.3) is 0 Å². The molecule has 2 amide bonds. The molecule has 0 fully saturated rings. The Morgan fingerprint density at radius 1 is 0.917 bits per heavy atom. The molecule has 0 aliphatic carbocycles. The zero-order chi connectivity index (χ0) is 17.5. The third-order valence-electron chi connectivity index (χ3n) is 2.30. The summed E-state index contributed by atoms with van der Waals surface area (Å²) in [6.45, 7) is 0. The fraction of sp³-hybridized carbons (Fsp3) is 0. The minimum absolute atomic E-state index is 0.0633. The highest BCUT2D eigenvalue weighted by atomic mass is 16.7. The van der Waals surface area contributed by atoms with Gasteiger partial charge in [-0.1, -0.05) is 0 Å². The van der Waals surface area contributed by atoms with Crippen LogP contribution in [0.15, 0.2) is 43.3 Å². The Morgan fingerprint density at radius 2 is 1.33 bits per heavy atom. The van der Waals surface area contributed by atoms with E-state index in [1.807, 2.05) is 10.9 Å². The van der Waals surface area contributed by atoms with E-state index in [1.54, 1.807) is 0 Å². The molecule has 24 heavy (non-hydrogen) atoms. The number of urea groups is 1. The molecule has 2 aromatic heterocycles. The number of hydrogen-bond donors (Lipinski definition) is 2. The maximum atomic E-state index is 11.3. The number of furan rings is 2. The summed E-state index contributed by atoms with van der Waals surface area (Å²) in [5.74, 6) is -0.794. The molecule has 2 heterocycles. The molecule has 13 heteroatoms. The van der Waals surface area contributed by atoms with Gasteiger partial charge in [-0.15, -0.1) is 0 Å². The zero-order valence-corrected chi connectivity index (χ0v) is 11.6. The summed E-state index contributed by atoms with van der Waals surface area (Å²) in [6, 6.07) is 4.03. The smallest absolute Gasteiger partial charge is 0.400 e. The minimum atomic E-state index is -0.829. The van der Waals surface area contributed by atoms with Crippen molar-refractivity contribution in [1.29, 1.82) is 0 Å². The molecule has 2 aromatic rings. The van der Waals surface area contributed by atoms with Gasteiger partial charge in [0.05, 0.1) is 24.6 Å². The number of hydrazone groups is 2. The van der Waals surface area contributed by atoms with Crippen LogP contribution in [0.3, 0.4) is 0 Å². The molecule has 0 saturated carbocycles. The molecule has 2 N–H and O–H groups in total. The van der Waals surface area contributed by atoms with Crippen LogP contribution in [-0.2, 0) is 0 Å². The number of nitrogens with one attached hydrogen (secondary N) is 2. The number of nitro groups is 2. The van der Waals surface area contributed by atoms with E-state index in [0.717, 1.165) is 24.6 Å². The van der Waals surface area contributed by atoms with Crippen LogP contribution in [0.5, 0.6) is 0 Å². The van der Waals surface area contributed by atoms with E-state index in [9.17, 15) is 25.0 Å². The van der Waals surface area contributed by atoms with Crippen molar-refractivity contribution < 1.29 is 23.5 Å². The van der Waals surface area contributed by atoms with Crippen LogP contribution in [0, 0.1) is 20.2 Å². The molecule has 13 nitrogen and oxygen atoms in total. The molecule has 124 valence electrons. The number of amides is 2. The lowest BCUT2D eigenvalue weighted by atomic mass is 10.5.